The summed E-state index contributed by atoms with van der Waals surface area (Å²) in [5.41, 5.74) is 3.51. The lowest BCUT2D eigenvalue weighted by atomic mass is 10.2. The van der Waals surface area contributed by atoms with Gasteiger partial charge in [-0.2, -0.15) is 0 Å². The average molecular weight is 300 g/mol. The molecule has 106 valence electrons. The molecule has 0 unspecified atom stereocenters. The Morgan fingerprint density at radius 1 is 1.29 bits per heavy atom. The second-order valence-electron chi connectivity index (χ2n) is 4.16. The van der Waals surface area contributed by atoms with Gasteiger partial charge in [0.05, 0.1) is 18.4 Å². The SMILES string of the molecule is O=C(NCc1ncc(-c2ccccc2)[nH]1)Nc1nncs1. The molecule has 0 bridgehead atoms. The summed E-state index contributed by atoms with van der Waals surface area (Å²) < 4.78 is 0. The molecule has 2 aromatic heterocycles. The number of aromatic amines is 1. The van der Waals surface area contributed by atoms with Crippen molar-refractivity contribution >= 4 is 22.5 Å². The lowest BCUT2D eigenvalue weighted by Gasteiger charge is -2.02. The number of rotatable bonds is 4. The van der Waals surface area contributed by atoms with Crippen molar-refractivity contribution in [3.8, 4) is 11.3 Å². The summed E-state index contributed by atoms with van der Waals surface area (Å²) in [7, 11) is 0. The van der Waals surface area contributed by atoms with Gasteiger partial charge in [-0.3, -0.25) is 5.32 Å². The highest BCUT2D eigenvalue weighted by Crippen LogP contribution is 2.15. The standard InChI is InChI=1S/C13H12N6OS/c20-12(18-13-19-16-8-21-13)15-7-11-14-6-10(17-11)9-4-2-1-3-5-9/h1-6,8H,7H2,(H,14,17)(H2,15,18,19,20). The number of nitrogens with one attached hydrogen (secondary N) is 3. The second kappa shape index (κ2) is 6.14. The van der Waals surface area contributed by atoms with Gasteiger partial charge in [0, 0.05) is 0 Å². The van der Waals surface area contributed by atoms with Crippen LogP contribution in [-0.4, -0.2) is 26.2 Å². The lowest BCUT2D eigenvalue weighted by molar-refractivity contribution is 0.251. The lowest BCUT2D eigenvalue weighted by Crippen LogP contribution is -2.28. The van der Waals surface area contributed by atoms with Crippen LogP contribution in [0.5, 0.6) is 0 Å². The van der Waals surface area contributed by atoms with Crippen LogP contribution in [0, 0.1) is 0 Å². The van der Waals surface area contributed by atoms with Gasteiger partial charge in [-0.1, -0.05) is 41.7 Å². The summed E-state index contributed by atoms with van der Waals surface area (Å²) in [6.07, 6.45) is 1.75. The van der Waals surface area contributed by atoms with Crippen molar-refractivity contribution in [2.45, 2.75) is 6.54 Å². The summed E-state index contributed by atoms with van der Waals surface area (Å²) in [5, 5.41) is 13.1. The van der Waals surface area contributed by atoms with Crippen LogP contribution < -0.4 is 10.6 Å². The molecule has 1 aromatic carbocycles. The Morgan fingerprint density at radius 3 is 2.90 bits per heavy atom. The van der Waals surface area contributed by atoms with Crippen molar-refractivity contribution in [2.75, 3.05) is 5.32 Å². The number of hydrogen-bond donors (Lipinski definition) is 3. The topological polar surface area (TPSA) is 95.6 Å². The number of anilines is 1. The first-order valence-corrected chi connectivity index (χ1v) is 7.09. The highest BCUT2D eigenvalue weighted by molar-refractivity contribution is 7.13. The Hall–Kier alpha value is -2.74. The van der Waals surface area contributed by atoms with Gasteiger partial charge in [-0.05, 0) is 5.56 Å². The minimum Gasteiger partial charge on any atom is -0.341 e. The van der Waals surface area contributed by atoms with E-state index < -0.39 is 0 Å². The predicted octanol–water partition coefficient (Wildman–Crippen LogP) is 2.25. The number of carbonyl (C=O) groups is 1. The van der Waals surface area contributed by atoms with E-state index in [1.807, 2.05) is 30.3 Å². The minimum atomic E-state index is -0.343. The van der Waals surface area contributed by atoms with Crippen LogP contribution in [0.25, 0.3) is 11.3 Å². The van der Waals surface area contributed by atoms with Crippen LogP contribution in [0.3, 0.4) is 0 Å². The highest BCUT2D eigenvalue weighted by atomic mass is 32.1. The summed E-state index contributed by atoms with van der Waals surface area (Å²) >= 11 is 1.26. The number of aromatic nitrogens is 4. The third-order valence-corrected chi connectivity index (χ3v) is 3.32. The molecule has 0 aliphatic rings. The molecule has 0 aliphatic carbocycles. The molecule has 2 heterocycles. The first-order chi connectivity index (χ1) is 10.3. The molecule has 3 rings (SSSR count). The monoisotopic (exact) mass is 300 g/mol. The zero-order valence-corrected chi connectivity index (χ0v) is 11.7. The van der Waals surface area contributed by atoms with Crippen LogP contribution in [0.1, 0.15) is 5.82 Å². The van der Waals surface area contributed by atoms with E-state index in [0.717, 1.165) is 11.3 Å². The molecule has 0 atom stereocenters. The maximum Gasteiger partial charge on any atom is 0.321 e. The van der Waals surface area contributed by atoms with Gasteiger partial charge in [0.15, 0.2) is 0 Å². The Balaban J connectivity index is 1.56. The van der Waals surface area contributed by atoms with Gasteiger partial charge in [-0.25, -0.2) is 9.78 Å². The second-order valence-corrected chi connectivity index (χ2v) is 4.99. The third-order valence-electron chi connectivity index (χ3n) is 2.71. The van der Waals surface area contributed by atoms with Crippen molar-refractivity contribution in [3.05, 3.63) is 47.9 Å². The largest absolute Gasteiger partial charge is 0.341 e. The van der Waals surface area contributed by atoms with E-state index in [2.05, 4.69) is 30.8 Å². The summed E-state index contributed by atoms with van der Waals surface area (Å²) in [4.78, 5) is 19.0. The van der Waals surface area contributed by atoms with E-state index in [0.29, 0.717) is 17.5 Å². The molecule has 3 aromatic rings. The van der Waals surface area contributed by atoms with Gasteiger partial charge < -0.3 is 10.3 Å². The van der Waals surface area contributed by atoms with Crippen LogP contribution in [0.4, 0.5) is 9.93 Å². The quantitative estimate of drug-likeness (QED) is 0.688. The molecule has 21 heavy (non-hydrogen) atoms. The number of hydrogen-bond acceptors (Lipinski definition) is 5. The molecule has 0 fully saturated rings. The molecule has 0 radical (unpaired) electrons. The van der Waals surface area contributed by atoms with Gasteiger partial charge in [0.1, 0.15) is 11.3 Å². The van der Waals surface area contributed by atoms with Crippen LogP contribution in [0.15, 0.2) is 42.0 Å². The van der Waals surface area contributed by atoms with Gasteiger partial charge in [-0.15, -0.1) is 10.2 Å². The van der Waals surface area contributed by atoms with E-state index in [4.69, 9.17) is 0 Å². The number of carbonyl (C=O) groups excluding carboxylic acids is 1. The Bertz CT molecular complexity index is 709. The Morgan fingerprint density at radius 2 is 2.14 bits per heavy atom. The average Bonchev–Trinajstić information content (AvgIpc) is 3.17. The van der Waals surface area contributed by atoms with E-state index in [1.54, 1.807) is 11.7 Å². The number of nitrogens with zero attached hydrogens (tertiary/aromatic N) is 3. The van der Waals surface area contributed by atoms with Crippen LogP contribution in [0.2, 0.25) is 0 Å². The predicted molar refractivity (Wildman–Crippen MR) is 79.8 cm³/mol. The van der Waals surface area contributed by atoms with E-state index in [1.165, 1.54) is 11.3 Å². The summed E-state index contributed by atoms with van der Waals surface area (Å²) in [6.45, 7) is 0.303. The first-order valence-electron chi connectivity index (χ1n) is 6.21. The fourth-order valence-electron chi connectivity index (χ4n) is 1.75. The fraction of sp³-hybridized carbons (Fsp3) is 0.0769. The molecule has 7 nitrogen and oxygen atoms in total. The minimum absolute atomic E-state index is 0.303. The van der Waals surface area contributed by atoms with Crippen molar-refractivity contribution < 1.29 is 4.79 Å². The third kappa shape index (κ3) is 3.42. The Kier molecular flexibility index (Phi) is 3.88. The number of H-pyrrole nitrogens is 1. The first kappa shape index (κ1) is 13.3. The van der Waals surface area contributed by atoms with Crippen molar-refractivity contribution in [1.29, 1.82) is 0 Å². The van der Waals surface area contributed by atoms with E-state index >= 15 is 0 Å². The zero-order chi connectivity index (χ0) is 14.5. The molecule has 2 amide bonds. The van der Waals surface area contributed by atoms with Crippen LogP contribution >= 0.6 is 11.3 Å². The van der Waals surface area contributed by atoms with Gasteiger partial charge in [0.2, 0.25) is 5.13 Å². The molecular weight excluding hydrogens is 288 g/mol. The van der Waals surface area contributed by atoms with Gasteiger partial charge >= 0.3 is 6.03 Å². The molecule has 3 N–H and O–H groups in total. The highest BCUT2D eigenvalue weighted by Gasteiger charge is 2.06. The van der Waals surface area contributed by atoms with Crippen molar-refractivity contribution in [2.24, 2.45) is 0 Å². The van der Waals surface area contributed by atoms with Gasteiger partial charge in [0.25, 0.3) is 0 Å². The molecule has 0 saturated heterocycles. The molecule has 8 heteroatoms. The van der Waals surface area contributed by atoms with E-state index in [9.17, 15) is 4.79 Å². The number of amides is 2. The molecule has 0 saturated carbocycles. The molecular formula is C13H12N6OS. The Labute approximate surface area is 124 Å². The molecule has 0 aliphatic heterocycles. The van der Waals surface area contributed by atoms with Crippen molar-refractivity contribution in [3.63, 3.8) is 0 Å². The smallest absolute Gasteiger partial charge is 0.321 e. The number of urea groups is 1. The van der Waals surface area contributed by atoms with Crippen molar-refractivity contribution in [1.82, 2.24) is 25.5 Å². The number of imidazole rings is 1. The maximum atomic E-state index is 11.6. The fourth-order valence-corrected chi connectivity index (χ4v) is 2.19. The normalized spacial score (nSPS) is 10.3. The summed E-state index contributed by atoms with van der Waals surface area (Å²) in [6, 6.07) is 9.53. The molecule has 0 spiro atoms. The maximum absolute atomic E-state index is 11.6. The number of benzene rings is 1. The van der Waals surface area contributed by atoms with E-state index in [-0.39, 0.29) is 6.03 Å². The zero-order valence-electron chi connectivity index (χ0n) is 10.9. The summed E-state index contributed by atoms with van der Waals surface area (Å²) in [5.74, 6) is 0.682. The van der Waals surface area contributed by atoms with Crippen LogP contribution in [-0.2, 0) is 6.54 Å².